The van der Waals surface area contributed by atoms with E-state index in [1.807, 2.05) is 0 Å². The van der Waals surface area contributed by atoms with E-state index in [2.05, 4.69) is 15.3 Å². The van der Waals surface area contributed by atoms with Crippen molar-refractivity contribution in [3.63, 3.8) is 0 Å². The SMILES string of the molecule is Cl.O=C1c2nc[nH]c2C(=O)N1CC1CCCNC1. The first kappa shape index (κ1) is 13.0. The maximum absolute atomic E-state index is 12.0. The Morgan fingerprint density at radius 3 is 2.89 bits per heavy atom. The van der Waals surface area contributed by atoms with Crippen LogP contribution in [0, 0.1) is 5.92 Å². The Bertz CT molecular complexity index is 437. The molecule has 0 aliphatic carbocycles. The minimum Gasteiger partial charge on any atom is -0.340 e. The fourth-order valence-corrected chi connectivity index (χ4v) is 2.48. The van der Waals surface area contributed by atoms with Crippen LogP contribution in [0.5, 0.6) is 0 Å². The summed E-state index contributed by atoms with van der Waals surface area (Å²) in [6, 6.07) is 0. The fourth-order valence-electron chi connectivity index (χ4n) is 2.48. The van der Waals surface area contributed by atoms with Gasteiger partial charge in [-0.2, -0.15) is 0 Å². The number of hydrogen-bond acceptors (Lipinski definition) is 4. The summed E-state index contributed by atoms with van der Waals surface area (Å²) in [6.07, 6.45) is 3.55. The number of hydrogen-bond donors (Lipinski definition) is 2. The number of carbonyl (C=O) groups is 2. The normalized spacial score (nSPS) is 22.9. The van der Waals surface area contributed by atoms with Crippen molar-refractivity contribution in [1.82, 2.24) is 20.2 Å². The molecule has 0 bridgehead atoms. The van der Waals surface area contributed by atoms with Crippen LogP contribution in [0.15, 0.2) is 6.33 Å². The van der Waals surface area contributed by atoms with Gasteiger partial charge in [0.2, 0.25) is 0 Å². The maximum atomic E-state index is 12.0. The number of rotatable bonds is 2. The number of carbonyl (C=O) groups excluding carboxylic acids is 2. The van der Waals surface area contributed by atoms with Crippen molar-refractivity contribution < 1.29 is 9.59 Å². The minimum atomic E-state index is -0.267. The molecule has 1 aromatic rings. The summed E-state index contributed by atoms with van der Waals surface area (Å²) in [5.74, 6) is -0.148. The van der Waals surface area contributed by atoms with E-state index in [-0.39, 0.29) is 29.9 Å². The van der Waals surface area contributed by atoms with Crippen LogP contribution in [0.3, 0.4) is 0 Å². The molecule has 0 spiro atoms. The molecule has 0 aromatic carbocycles. The molecule has 1 aromatic heterocycles. The van der Waals surface area contributed by atoms with E-state index in [9.17, 15) is 9.59 Å². The van der Waals surface area contributed by atoms with E-state index in [1.165, 1.54) is 11.2 Å². The number of piperidine rings is 1. The quantitative estimate of drug-likeness (QED) is 0.764. The second-order valence-corrected chi connectivity index (χ2v) is 4.56. The number of aromatic nitrogens is 2. The molecule has 3 rings (SSSR count). The average molecular weight is 271 g/mol. The number of nitrogens with zero attached hydrogens (tertiary/aromatic N) is 2. The molecule has 1 unspecified atom stereocenters. The van der Waals surface area contributed by atoms with E-state index in [4.69, 9.17) is 0 Å². The van der Waals surface area contributed by atoms with Crippen LogP contribution >= 0.6 is 12.4 Å². The van der Waals surface area contributed by atoms with Gasteiger partial charge in [-0.15, -0.1) is 12.4 Å². The van der Waals surface area contributed by atoms with Crippen molar-refractivity contribution >= 4 is 24.2 Å². The van der Waals surface area contributed by atoms with E-state index in [0.29, 0.717) is 18.2 Å². The van der Waals surface area contributed by atoms with Crippen LogP contribution in [0.1, 0.15) is 33.8 Å². The smallest absolute Gasteiger partial charge is 0.281 e. The Balaban J connectivity index is 0.00000120. The summed E-state index contributed by atoms with van der Waals surface area (Å²) in [5.41, 5.74) is 0.595. The van der Waals surface area contributed by atoms with Crippen molar-refractivity contribution in [1.29, 1.82) is 0 Å². The van der Waals surface area contributed by atoms with Crippen LogP contribution in [0.2, 0.25) is 0 Å². The lowest BCUT2D eigenvalue weighted by Crippen LogP contribution is -2.41. The van der Waals surface area contributed by atoms with Crippen LogP contribution < -0.4 is 5.32 Å². The zero-order valence-electron chi connectivity index (χ0n) is 9.81. The lowest BCUT2D eigenvalue weighted by molar-refractivity contribution is 0.0616. The van der Waals surface area contributed by atoms with Gasteiger partial charge in [-0.25, -0.2) is 4.98 Å². The molecule has 2 N–H and O–H groups in total. The number of fused-ring (bicyclic) bond motifs is 1. The van der Waals surface area contributed by atoms with Gasteiger partial charge < -0.3 is 10.3 Å². The van der Waals surface area contributed by atoms with Crippen LogP contribution in [-0.2, 0) is 0 Å². The van der Waals surface area contributed by atoms with Crippen molar-refractivity contribution in [3.05, 3.63) is 17.7 Å². The van der Waals surface area contributed by atoms with Gasteiger partial charge in [-0.05, 0) is 31.8 Å². The summed E-state index contributed by atoms with van der Waals surface area (Å²) in [5, 5.41) is 3.28. The minimum absolute atomic E-state index is 0. The molecule has 3 heterocycles. The van der Waals surface area contributed by atoms with Gasteiger partial charge in [-0.1, -0.05) is 0 Å². The zero-order chi connectivity index (χ0) is 11.8. The van der Waals surface area contributed by atoms with Crippen LogP contribution in [0.4, 0.5) is 0 Å². The average Bonchev–Trinajstić information content (AvgIpc) is 2.91. The van der Waals surface area contributed by atoms with Gasteiger partial charge in [0.1, 0.15) is 5.69 Å². The molecule has 0 saturated carbocycles. The Hall–Kier alpha value is -1.40. The largest absolute Gasteiger partial charge is 0.340 e. The molecule has 6 nitrogen and oxygen atoms in total. The molecule has 2 aliphatic rings. The molecule has 0 radical (unpaired) electrons. The molecule has 98 valence electrons. The second-order valence-electron chi connectivity index (χ2n) is 4.56. The van der Waals surface area contributed by atoms with Crippen molar-refractivity contribution in [2.45, 2.75) is 12.8 Å². The molecule has 1 atom stereocenters. The maximum Gasteiger partial charge on any atom is 0.281 e. The van der Waals surface area contributed by atoms with Crippen molar-refractivity contribution in [2.24, 2.45) is 5.92 Å². The third kappa shape index (κ3) is 2.02. The standard InChI is InChI=1S/C11H14N4O2.ClH/c16-10-8-9(14-6-13-8)11(17)15(10)5-7-2-1-3-12-4-7;/h6-7,12H,1-5H2,(H,13,14);1H. The second kappa shape index (κ2) is 5.07. The van der Waals surface area contributed by atoms with Crippen molar-refractivity contribution in [2.75, 3.05) is 19.6 Å². The highest BCUT2D eigenvalue weighted by Crippen LogP contribution is 2.22. The monoisotopic (exact) mass is 270 g/mol. The summed E-state index contributed by atoms with van der Waals surface area (Å²) in [7, 11) is 0. The number of nitrogens with one attached hydrogen (secondary N) is 2. The molecule has 1 saturated heterocycles. The number of imidazole rings is 1. The van der Waals surface area contributed by atoms with E-state index < -0.39 is 0 Å². The van der Waals surface area contributed by atoms with E-state index in [1.54, 1.807) is 0 Å². The summed E-state index contributed by atoms with van der Waals surface area (Å²) < 4.78 is 0. The molecule has 1 fully saturated rings. The van der Waals surface area contributed by atoms with Crippen molar-refractivity contribution in [3.8, 4) is 0 Å². The molecular formula is C11H15ClN4O2. The molecular weight excluding hydrogens is 256 g/mol. The Morgan fingerprint density at radius 1 is 1.39 bits per heavy atom. The summed E-state index contributed by atoms with van der Waals surface area (Å²) >= 11 is 0. The highest BCUT2D eigenvalue weighted by atomic mass is 35.5. The first-order valence-corrected chi connectivity index (χ1v) is 5.87. The number of imide groups is 1. The fraction of sp³-hybridized carbons (Fsp3) is 0.545. The zero-order valence-corrected chi connectivity index (χ0v) is 10.6. The first-order valence-electron chi connectivity index (χ1n) is 5.87. The predicted molar refractivity (Wildman–Crippen MR) is 66.8 cm³/mol. The van der Waals surface area contributed by atoms with Gasteiger partial charge in [-0.3, -0.25) is 14.5 Å². The number of halogens is 1. The van der Waals surface area contributed by atoms with E-state index in [0.717, 1.165) is 25.9 Å². The highest BCUT2D eigenvalue weighted by molar-refractivity contribution is 6.19. The molecule has 2 aliphatic heterocycles. The predicted octanol–water partition coefficient (Wildman–Crippen LogP) is 0.427. The molecule has 7 heteroatoms. The Labute approximate surface area is 111 Å². The van der Waals surface area contributed by atoms with Gasteiger partial charge in [0.05, 0.1) is 6.33 Å². The molecule has 2 amide bonds. The Kier molecular flexibility index (Phi) is 3.68. The number of aromatic amines is 1. The third-order valence-electron chi connectivity index (χ3n) is 3.39. The topological polar surface area (TPSA) is 78.1 Å². The highest BCUT2D eigenvalue weighted by Gasteiger charge is 2.39. The van der Waals surface area contributed by atoms with Gasteiger partial charge >= 0.3 is 0 Å². The third-order valence-corrected chi connectivity index (χ3v) is 3.39. The van der Waals surface area contributed by atoms with Gasteiger partial charge in [0.15, 0.2) is 5.69 Å². The van der Waals surface area contributed by atoms with Gasteiger partial charge in [0.25, 0.3) is 11.8 Å². The van der Waals surface area contributed by atoms with Crippen LogP contribution in [-0.4, -0.2) is 46.3 Å². The first-order chi connectivity index (χ1) is 8.27. The number of H-pyrrole nitrogens is 1. The summed E-state index contributed by atoms with van der Waals surface area (Å²) in [6.45, 7) is 2.40. The van der Waals surface area contributed by atoms with E-state index >= 15 is 0 Å². The lowest BCUT2D eigenvalue weighted by Gasteiger charge is -2.26. The van der Waals surface area contributed by atoms with Crippen LogP contribution in [0.25, 0.3) is 0 Å². The lowest BCUT2D eigenvalue weighted by atomic mass is 9.99. The number of amides is 2. The van der Waals surface area contributed by atoms with Gasteiger partial charge in [0, 0.05) is 6.54 Å². The summed E-state index contributed by atoms with van der Waals surface area (Å²) in [4.78, 5) is 31.8. The molecule has 18 heavy (non-hydrogen) atoms. The Morgan fingerprint density at radius 2 is 2.22 bits per heavy atom.